The molecule has 94 valence electrons. The molecular formula is C13H21N3O. The maximum Gasteiger partial charge on any atom is 0.234 e. The average molecular weight is 235 g/mol. The van der Waals surface area contributed by atoms with Crippen molar-refractivity contribution in [1.29, 1.82) is 0 Å². The molecule has 0 fully saturated rings. The zero-order valence-corrected chi connectivity index (χ0v) is 10.8. The second kappa shape index (κ2) is 7.01. The van der Waals surface area contributed by atoms with Crippen molar-refractivity contribution in [2.75, 3.05) is 6.54 Å². The van der Waals surface area contributed by atoms with Gasteiger partial charge in [0.15, 0.2) is 0 Å². The molecule has 1 amide bonds. The van der Waals surface area contributed by atoms with Crippen LogP contribution in [0, 0.1) is 6.92 Å². The highest BCUT2D eigenvalue weighted by molar-refractivity contribution is 5.78. The minimum Gasteiger partial charge on any atom is -0.351 e. The van der Waals surface area contributed by atoms with Crippen molar-refractivity contribution >= 4 is 5.91 Å². The molecule has 1 rings (SSSR count). The van der Waals surface area contributed by atoms with Gasteiger partial charge < -0.3 is 10.6 Å². The summed E-state index contributed by atoms with van der Waals surface area (Å²) in [5.41, 5.74) is 2.21. The smallest absolute Gasteiger partial charge is 0.234 e. The highest BCUT2D eigenvalue weighted by Gasteiger charge is 2.04. The first-order valence-electron chi connectivity index (χ1n) is 6.03. The van der Waals surface area contributed by atoms with Crippen molar-refractivity contribution < 1.29 is 4.79 Å². The summed E-state index contributed by atoms with van der Waals surface area (Å²) in [6.07, 6.45) is 4.57. The van der Waals surface area contributed by atoms with Gasteiger partial charge in [0.05, 0.1) is 6.54 Å². The summed E-state index contributed by atoms with van der Waals surface area (Å²) in [5.74, 6) is 0.0218. The first-order valence-corrected chi connectivity index (χ1v) is 6.03. The number of hydrogen-bond acceptors (Lipinski definition) is 3. The Hall–Kier alpha value is -1.42. The van der Waals surface area contributed by atoms with Gasteiger partial charge in [-0.15, -0.1) is 0 Å². The van der Waals surface area contributed by atoms with E-state index < -0.39 is 0 Å². The van der Waals surface area contributed by atoms with Crippen LogP contribution in [0.5, 0.6) is 0 Å². The molecule has 4 nitrogen and oxygen atoms in total. The molecule has 0 saturated heterocycles. The minimum atomic E-state index is 0.0218. The molecule has 0 aliphatic heterocycles. The predicted molar refractivity (Wildman–Crippen MR) is 68.6 cm³/mol. The number of aromatic nitrogens is 1. The number of hydrogen-bond donors (Lipinski definition) is 2. The fourth-order valence-corrected chi connectivity index (χ4v) is 1.35. The third kappa shape index (κ3) is 4.95. The van der Waals surface area contributed by atoms with E-state index in [1.165, 1.54) is 0 Å². The van der Waals surface area contributed by atoms with E-state index in [1.54, 1.807) is 12.4 Å². The summed E-state index contributed by atoms with van der Waals surface area (Å²) in [6.45, 7) is 7.09. The van der Waals surface area contributed by atoms with E-state index >= 15 is 0 Å². The van der Waals surface area contributed by atoms with Crippen LogP contribution in [0.2, 0.25) is 0 Å². The highest BCUT2D eigenvalue weighted by atomic mass is 16.1. The molecule has 0 spiro atoms. The van der Waals surface area contributed by atoms with Crippen molar-refractivity contribution in [3.63, 3.8) is 0 Å². The first-order chi connectivity index (χ1) is 8.13. The summed E-state index contributed by atoms with van der Waals surface area (Å²) < 4.78 is 0. The normalized spacial score (nSPS) is 12.2. The van der Waals surface area contributed by atoms with E-state index in [1.807, 2.05) is 13.0 Å². The number of carbonyl (C=O) groups excluding carboxylic acids is 1. The van der Waals surface area contributed by atoms with Crippen LogP contribution in [-0.4, -0.2) is 23.5 Å². The van der Waals surface area contributed by atoms with E-state index in [4.69, 9.17) is 0 Å². The van der Waals surface area contributed by atoms with Crippen molar-refractivity contribution in [3.8, 4) is 0 Å². The fourth-order valence-electron chi connectivity index (χ4n) is 1.35. The Morgan fingerprint density at radius 3 is 2.94 bits per heavy atom. The summed E-state index contributed by atoms with van der Waals surface area (Å²) in [6, 6.07) is 2.32. The van der Waals surface area contributed by atoms with Gasteiger partial charge in [0.2, 0.25) is 5.91 Å². The molecular weight excluding hydrogens is 214 g/mol. The quantitative estimate of drug-likeness (QED) is 0.783. The maximum atomic E-state index is 11.6. The lowest BCUT2D eigenvalue weighted by Crippen LogP contribution is -2.37. The van der Waals surface area contributed by atoms with Gasteiger partial charge in [-0.2, -0.15) is 0 Å². The average Bonchev–Trinajstić information content (AvgIpc) is 2.35. The maximum absolute atomic E-state index is 11.6. The molecule has 2 N–H and O–H groups in total. The van der Waals surface area contributed by atoms with E-state index in [9.17, 15) is 4.79 Å². The number of nitrogens with one attached hydrogen (secondary N) is 2. The number of rotatable bonds is 6. The SMILES string of the molecule is CCC(C)NCC(=O)NCc1cnccc1C. The van der Waals surface area contributed by atoms with Crippen LogP contribution in [0.25, 0.3) is 0 Å². The Morgan fingerprint density at radius 1 is 1.53 bits per heavy atom. The summed E-state index contributed by atoms with van der Waals surface area (Å²) in [7, 11) is 0. The third-order valence-corrected chi connectivity index (χ3v) is 2.85. The third-order valence-electron chi connectivity index (χ3n) is 2.85. The van der Waals surface area contributed by atoms with Gasteiger partial charge in [-0.25, -0.2) is 0 Å². The lowest BCUT2D eigenvalue weighted by molar-refractivity contribution is -0.120. The van der Waals surface area contributed by atoms with E-state index in [-0.39, 0.29) is 5.91 Å². The number of nitrogens with zero attached hydrogens (tertiary/aromatic N) is 1. The summed E-state index contributed by atoms with van der Waals surface area (Å²) in [5, 5.41) is 6.03. The van der Waals surface area contributed by atoms with Crippen LogP contribution in [-0.2, 0) is 11.3 Å². The van der Waals surface area contributed by atoms with Gasteiger partial charge in [-0.3, -0.25) is 9.78 Å². The molecule has 1 atom stereocenters. The lowest BCUT2D eigenvalue weighted by atomic mass is 10.1. The van der Waals surface area contributed by atoms with E-state index in [0.717, 1.165) is 17.5 Å². The summed E-state index contributed by atoms with van der Waals surface area (Å²) in [4.78, 5) is 15.6. The summed E-state index contributed by atoms with van der Waals surface area (Å²) >= 11 is 0. The van der Waals surface area contributed by atoms with Gasteiger partial charge in [-0.1, -0.05) is 6.92 Å². The zero-order valence-electron chi connectivity index (χ0n) is 10.8. The van der Waals surface area contributed by atoms with Crippen molar-refractivity contribution in [2.24, 2.45) is 0 Å². The molecule has 0 aliphatic carbocycles. The van der Waals surface area contributed by atoms with Gasteiger partial charge in [0, 0.05) is 25.0 Å². The Balaban J connectivity index is 2.31. The molecule has 1 heterocycles. The van der Waals surface area contributed by atoms with Crippen molar-refractivity contribution in [1.82, 2.24) is 15.6 Å². The second-order valence-corrected chi connectivity index (χ2v) is 4.27. The Bertz CT molecular complexity index is 365. The van der Waals surface area contributed by atoms with Crippen LogP contribution in [0.4, 0.5) is 0 Å². The Morgan fingerprint density at radius 2 is 2.29 bits per heavy atom. The molecule has 0 aromatic carbocycles. The zero-order chi connectivity index (χ0) is 12.7. The van der Waals surface area contributed by atoms with Crippen LogP contribution in [0.3, 0.4) is 0 Å². The number of pyridine rings is 1. The van der Waals surface area contributed by atoms with Gasteiger partial charge in [-0.05, 0) is 37.5 Å². The molecule has 17 heavy (non-hydrogen) atoms. The van der Waals surface area contributed by atoms with Crippen molar-refractivity contribution in [3.05, 3.63) is 29.6 Å². The van der Waals surface area contributed by atoms with Crippen molar-refractivity contribution in [2.45, 2.75) is 39.8 Å². The van der Waals surface area contributed by atoms with Crippen LogP contribution in [0.1, 0.15) is 31.4 Å². The van der Waals surface area contributed by atoms with Crippen LogP contribution >= 0.6 is 0 Å². The number of carbonyl (C=O) groups is 1. The monoisotopic (exact) mass is 235 g/mol. The molecule has 1 unspecified atom stereocenters. The Labute approximate surface area is 103 Å². The lowest BCUT2D eigenvalue weighted by Gasteiger charge is -2.11. The Kier molecular flexibility index (Phi) is 5.63. The predicted octanol–water partition coefficient (Wildman–Crippen LogP) is 1.39. The minimum absolute atomic E-state index is 0.0218. The molecule has 0 aliphatic rings. The molecule has 1 aromatic heterocycles. The van der Waals surface area contributed by atoms with Gasteiger partial charge in [0.25, 0.3) is 0 Å². The number of amides is 1. The molecule has 0 radical (unpaired) electrons. The van der Waals surface area contributed by atoms with E-state index in [0.29, 0.717) is 19.1 Å². The standard InChI is InChI=1S/C13H21N3O/c1-4-11(3)15-9-13(17)16-8-12-7-14-6-5-10(12)2/h5-7,11,15H,4,8-9H2,1-3H3,(H,16,17). The van der Waals surface area contributed by atoms with Gasteiger partial charge >= 0.3 is 0 Å². The first kappa shape index (κ1) is 13.6. The molecule has 0 saturated carbocycles. The fraction of sp³-hybridized carbons (Fsp3) is 0.538. The largest absolute Gasteiger partial charge is 0.351 e. The van der Waals surface area contributed by atoms with Crippen LogP contribution < -0.4 is 10.6 Å². The van der Waals surface area contributed by atoms with Gasteiger partial charge in [0.1, 0.15) is 0 Å². The molecule has 0 bridgehead atoms. The highest BCUT2D eigenvalue weighted by Crippen LogP contribution is 2.03. The number of aryl methyl sites for hydroxylation is 1. The molecule has 4 heteroatoms. The second-order valence-electron chi connectivity index (χ2n) is 4.27. The van der Waals surface area contributed by atoms with Crippen LogP contribution in [0.15, 0.2) is 18.5 Å². The molecule has 1 aromatic rings. The van der Waals surface area contributed by atoms with E-state index in [2.05, 4.69) is 29.5 Å². The topological polar surface area (TPSA) is 54.0 Å².